The van der Waals surface area contributed by atoms with Gasteiger partial charge in [0.25, 0.3) is 0 Å². The van der Waals surface area contributed by atoms with Gasteiger partial charge in [-0.05, 0) is 31.2 Å². The maximum absolute atomic E-state index is 12.0. The minimum Gasteiger partial charge on any atom is -0.493 e. The van der Waals surface area contributed by atoms with Crippen molar-refractivity contribution in [3.05, 3.63) is 42.4 Å². The lowest BCUT2D eigenvalue weighted by molar-refractivity contribution is 0.0372. The van der Waals surface area contributed by atoms with Gasteiger partial charge < -0.3 is 29.6 Å². The Labute approximate surface area is 134 Å². The largest absolute Gasteiger partial charge is 0.493 e. The quantitative estimate of drug-likeness (QED) is 0.759. The van der Waals surface area contributed by atoms with E-state index in [1.54, 1.807) is 37.3 Å². The smallest absolute Gasteiger partial charge is 0.319 e. The Morgan fingerprint density at radius 1 is 1.26 bits per heavy atom. The molecule has 3 N–H and O–H groups in total. The van der Waals surface area contributed by atoms with Crippen molar-refractivity contribution < 1.29 is 23.8 Å². The van der Waals surface area contributed by atoms with Crippen LogP contribution in [0.4, 0.5) is 10.5 Å². The molecular weight excluding hydrogens is 300 g/mol. The fraction of sp³-hybridized carbons (Fsp3) is 0.312. The number of hydrogen-bond donors (Lipinski definition) is 3. The van der Waals surface area contributed by atoms with Crippen LogP contribution >= 0.6 is 0 Å². The van der Waals surface area contributed by atoms with Gasteiger partial charge in [-0.1, -0.05) is 6.07 Å². The summed E-state index contributed by atoms with van der Waals surface area (Å²) >= 11 is 0. The molecule has 0 aliphatic carbocycles. The van der Waals surface area contributed by atoms with E-state index < -0.39 is 11.6 Å². The van der Waals surface area contributed by atoms with Gasteiger partial charge >= 0.3 is 6.03 Å². The van der Waals surface area contributed by atoms with Crippen LogP contribution in [0.1, 0.15) is 12.7 Å². The van der Waals surface area contributed by atoms with Crippen LogP contribution in [0.2, 0.25) is 0 Å². The lowest BCUT2D eigenvalue weighted by atomic mass is 10.0. The third kappa shape index (κ3) is 3.95. The number of amides is 2. The predicted octanol–water partition coefficient (Wildman–Crippen LogP) is 2.33. The summed E-state index contributed by atoms with van der Waals surface area (Å²) < 4.78 is 15.6. The molecule has 124 valence electrons. The zero-order chi connectivity index (χ0) is 16.9. The maximum atomic E-state index is 12.0. The second kappa shape index (κ2) is 7.06. The van der Waals surface area contributed by atoms with E-state index in [0.717, 1.165) is 0 Å². The van der Waals surface area contributed by atoms with Crippen molar-refractivity contribution in [2.24, 2.45) is 0 Å². The first-order valence-electron chi connectivity index (χ1n) is 7.00. The number of rotatable bonds is 6. The summed E-state index contributed by atoms with van der Waals surface area (Å²) in [7, 11) is 3.00. The number of methoxy groups -OCH3 is 2. The molecule has 2 aromatic rings. The number of hydrogen-bond acceptors (Lipinski definition) is 5. The van der Waals surface area contributed by atoms with Crippen LogP contribution < -0.4 is 20.1 Å². The van der Waals surface area contributed by atoms with Crippen molar-refractivity contribution in [3.8, 4) is 11.5 Å². The molecule has 1 aromatic carbocycles. The van der Waals surface area contributed by atoms with E-state index in [0.29, 0.717) is 22.9 Å². The van der Waals surface area contributed by atoms with Crippen LogP contribution in [-0.4, -0.2) is 31.9 Å². The van der Waals surface area contributed by atoms with E-state index in [4.69, 9.17) is 13.9 Å². The number of ether oxygens (including phenoxy) is 2. The van der Waals surface area contributed by atoms with Crippen molar-refractivity contribution in [2.45, 2.75) is 12.5 Å². The van der Waals surface area contributed by atoms with Crippen molar-refractivity contribution >= 4 is 11.7 Å². The summed E-state index contributed by atoms with van der Waals surface area (Å²) in [6, 6.07) is 7.98. The summed E-state index contributed by atoms with van der Waals surface area (Å²) in [5.41, 5.74) is -0.846. The van der Waals surface area contributed by atoms with Gasteiger partial charge in [0, 0.05) is 0 Å². The minimum atomic E-state index is -1.31. The molecular formula is C16H20N2O5. The molecule has 0 unspecified atom stereocenters. The Bertz CT molecular complexity index is 652. The number of nitrogens with one attached hydrogen (secondary N) is 2. The fourth-order valence-electron chi connectivity index (χ4n) is 2.08. The van der Waals surface area contributed by atoms with Gasteiger partial charge in [0.2, 0.25) is 0 Å². The maximum Gasteiger partial charge on any atom is 0.319 e. The first-order chi connectivity index (χ1) is 11.0. The van der Waals surface area contributed by atoms with Gasteiger partial charge in [-0.25, -0.2) is 4.79 Å². The standard InChI is InChI=1S/C16H20N2O5/c1-16(20,13-8-5-9-23-13)10-17-15(19)18-11-6-4-7-12(21-2)14(11)22-3/h4-9,20H,10H2,1-3H3,(H2,17,18,19)/t16-/m0/s1. The number of aliphatic hydroxyl groups is 1. The Balaban J connectivity index is 2.00. The summed E-state index contributed by atoms with van der Waals surface area (Å²) in [5, 5.41) is 15.5. The number of carbonyl (C=O) groups is 1. The average Bonchev–Trinajstić information content (AvgIpc) is 3.08. The molecule has 1 aromatic heterocycles. The van der Waals surface area contributed by atoms with E-state index in [1.165, 1.54) is 20.5 Å². The van der Waals surface area contributed by atoms with E-state index in [2.05, 4.69) is 10.6 Å². The number of furan rings is 1. The molecule has 1 heterocycles. The lowest BCUT2D eigenvalue weighted by Crippen LogP contribution is -2.40. The molecule has 0 saturated heterocycles. The Morgan fingerprint density at radius 3 is 2.65 bits per heavy atom. The van der Waals surface area contributed by atoms with Gasteiger partial charge in [-0.2, -0.15) is 0 Å². The lowest BCUT2D eigenvalue weighted by Gasteiger charge is -2.21. The van der Waals surface area contributed by atoms with Gasteiger partial charge in [0.05, 0.1) is 32.7 Å². The van der Waals surface area contributed by atoms with Crippen LogP contribution in [-0.2, 0) is 5.60 Å². The molecule has 0 aliphatic rings. The number of anilines is 1. The summed E-state index contributed by atoms with van der Waals surface area (Å²) in [6.07, 6.45) is 1.46. The summed E-state index contributed by atoms with van der Waals surface area (Å²) in [6.45, 7) is 1.54. The number of benzene rings is 1. The Kier molecular flexibility index (Phi) is 5.13. The van der Waals surface area contributed by atoms with Crippen LogP contribution in [0.3, 0.4) is 0 Å². The fourth-order valence-corrected chi connectivity index (χ4v) is 2.08. The molecule has 23 heavy (non-hydrogen) atoms. The normalized spacial score (nSPS) is 13.0. The molecule has 0 fully saturated rings. The van der Waals surface area contributed by atoms with E-state index in [-0.39, 0.29) is 6.54 Å². The molecule has 0 spiro atoms. The SMILES string of the molecule is COc1cccc(NC(=O)NC[C@](C)(O)c2ccco2)c1OC. The van der Waals surface area contributed by atoms with E-state index in [1.807, 2.05) is 0 Å². The Hall–Kier alpha value is -2.67. The van der Waals surface area contributed by atoms with Crippen LogP contribution in [0.5, 0.6) is 11.5 Å². The average molecular weight is 320 g/mol. The molecule has 0 bridgehead atoms. The third-order valence-corrected chi connectivity index (χ3v) is 3.30. The van der Waals surface area contributed by atoms with Gasteiger partial charge in [0.15, 0.2) is 11.5 Å². The molecule has 0 saturated carbocycles. The second-order valence-electron chi connectivity index (χ2n) is 5.10. The first-order valence-corrected chi connectivity index (χ1v) is 7.00. The van der Waals surface area contributed by atoms with Crippen molar-refractivity contribution in [2.75, 3.05) is 26.1 Å². The van der Waals surface area contributed by atoms with Gasteiger partial charge in [0.1, 0.15) is 11.4 Å². The molecule has 7 heteroatoms. The van der Waals surface area contributed by atoms with Crippen LogP contribution in [0.15, 0.2) is 41.0 Å². The van der Waals surface area contributed by atoms with E-state index in [9.17, 15) is 9.90 Å². The van der Waals surface area contributed by atoms with Crippen LogP contribution in [0, 0.1) is 0 Å². The van der Waals surface area contributed by atoms with Crippen molar-refractivity contribution in [3.63, 3.8) is 0 Å². The van der Waals surface area contributed by atoms with E-state index >= 15 is 0 Å². The summed E-state index contributed by atoms with van der Waals surface area (Å²) in [4.78, 5) is 12.0. The minimum absolute atomic E-state index is 0.0152. The van der Waals surface area contributed by atoms with Gasteiger partial charge in [-0.15, -0.1) is 0 Å². The highest BCUT2D eigenvalue weighted by Gasteiger charge is 2.27. The number of urea groups is 1. The monoisotopic (exact) mass is 320 g/mol. The number of para-hydroxylation sites is 1. The highest BCUT2D eigenvalue weighted by Crippen LogP contribution is 2.34. The second-order valence-corrected chi connectivity index (χ2v) is 5.10. The predicted molar refractivity (Wildman–Crippen MR) is 84.8 cm³/mol. The number of carbonyl (C=O) groups excluding carboxylic acids is 1. The Morgan fingerprint density at radius 2 is 2.04 bits per heavy atom. The zero-order valence-corrected chi connectivity index (χ0v) is 13.3. The van der Waals surface area contributed by atoms with Crippen molar-refractivity contribution in [1.29, 1.82) is 0 Å². The van der Waals surface area contributed by atoms with Crippen molar-refractivity contribution in [1.82, 2.24) is 5.32 Å². The first kappa shape index (κ1) is 16.7. The highest BCUT2D eigenvalue weighted by atomic mass is 16.5. The molecule has 1 atom stereocenters. The molecule has 0 radical (unpaired) electrons. The molecule has 0 aliphatic heterocycles. The molecule has 2 amide bonds. The van der Waals surface area contributed by atoms with Gasteiger partial charge in [-0.3, -0.25) is 0 Å². The zero-order valence-electron chi connectivity index (χ0n) is 13.3. The highest BCUT2D eigenvalue weighted by molar-refractivity contribution is 5.91. The summed E-state index contributed by atoms with van der Waals surface area (Å²) in [5.74, 6) is 1.30. The molecule has 7 nitrogen and oxygen atoms in total. The third-order valence-electron chi connectivity index (χ3n) is 3.30. The van der Waals surface area contributed by atoms with Crippen LogP contribution in [0.25, 0.3) is 0 Å². The molecule has 2 rings (SSSR count). The topological polar surface area (TPSA) is 93.0 Å².